The van der Waals surface area contributed by atoms with Gasteiger partial charge in [0.25, 0.3) is 0 Å². The van der Waals surface area contributed by atoms with Crippen LogP contribution in [0.3, 0.4) is 0 Å². The molecule has 2 fully saturated rings. The van der Waals surface area contributed by atoms with E-state index in [1.54, 1.807) is 0 Å². The molecule has 110 valence electrons. The average molecular weight is 294 g/mol. The smallest absolute Gasteiger partial charge is 0.0471 e. The van der Waals surface area contributed by atoms with Crippen LogP contribution in [0.2, 0.25) is 5.02 Å². The number of nitrogens with zero attached hydrogens (tertiary/aromatic N) is 2. The van der Waals surface area contributed by atoms with Crippen LogP contribution in [0.4, 0.5) is 5.69 Å². The van der Waals surface area contributed by atoms with E-state index in [1.807, 2.05) is 0 Å². The van der Waals surface area contributed by atoms with Gasteiger partial charge in [0.1, 0.15) is 0 Å². The molecule has 3 nitrogen and oxygen atoms in total. The summed E-state index contributed by atoms with van der Waals surface area (Å²) in [6.07, 6.45) is 3.85. The Morgan fingerprint density at radius 2 is 2.05 bits per heavy atom. The third kappa shape index (κ3) is 3.66. The number of halogens is 1. The monoisotopic (exact) mass is 293 g/mol. The third-order valence-electron chi connectivity index (χ3n) is 4.28. The highest BCUT2D eigenvalue weighted by atomic mass is 35.5. The highest BCUT2D eigenvalue weighted by Crippen LogP contribution is 2.26. The number of nitrogens with one attached hydrogen (secondary N) is 1. The molecule has 1 aliphatic heterocycles. The lowest BCUT2D eigenvalue weighted by Crippen LogP contribution is -2.28. The number of likely N-dealkylation sites (N-methyl/N-ethyl adjacent to an activating group) is 1. The summed E-state index contributed by atoms with van der Waals surface area (Å²) in [5.41, 5.74) is 2.48. The summed E-state index contributed by atoms with van der Waals surface area (Å²) in [4.78, 5) is 4.85. The van der Waals surface area contributed by atoms with Gasteiger partial charge in [-0.05, 0) is 50.6 Å². The zero-order valence-electron chi connectivity index (χ0n) is 12.2. The van der Waals surface area contributed by atoms with Crippen molar-refractivity contribution < 1.29 is 0 Å². The van der Waals surface area contributed by atoms with Gasteiger partial charge in [-0.25, -0.2) is 0 Å². The van der Waals surface area contributed by atoms with Crippen LogP contribution in [0.15, 0.2) is 18.2 Å². The fourth-order valence-electron chi connectivity index (χ4n) is 2.72. The van der Waals surface area contributed by atoms with Crippen LogP contribution in [-0.2, 0) is 6.54 Å². The summed E-state index contributed by atoms with van der Waals surface area (Å²) < 4.78 is 0. The fourth-order valence-corrected chi connectivity index (χ4v) is 2.96. The van der Waals surface area contributed by atoms with Crippen molar-refractivity contribution in [3.8, 4) is 0 Å². The quantitative estimate of drug-likeness (QED) is 0.921. The lowest BCUT2D eigenvalue weighted by atomic mass is 10.2. The van der Waals surface area contributed by atoms with Crippen molar-refractivity contribution in [1.29, 1.82) is 0 Å². The molecule has 0 amide bonds. The molecule has 1 saturated heterocycles. The zero-order chi connectivity index (χ0) is 13.9. The molecule has 0 aromatic heterocycles. The second kappa shape index (κ2) is 6.33. The molecule has 0 atom stereocenters. The second-order valence-electron chi connectivity index (χ2n) is 6.07. The summed E-state index contributed by atoms with van der Waals surface area (Å²) in [7, 11) is 2.20. The molecule has 2 aliphatic rings. The van der Waals surface area contributed by atoms with Crippen LogP contribution >= 0.6 is 11.6 Å². The van der Waals surface area contributed by atoms with Gasteiger partial charge in [-0.2, -0.15) is 0 Å². The van der Waals surface area contributed by atoms with Crippen molar-refractivity contribution in [3.63, 3.8) is 0 Å². The Balaban J connectivity index is 1.65. The number of rotatable bonds is 4. The number of anilines is 1. The third-order valence-corrected chi connectivity index (χ3v) is 4.63. The van der Waals surface area contributed by atoms with E-state index in [0.717, 1.165) is 37.2 Å². The minimum absolute atomic E-state index is 0.729. The molecule has 1 heterocycles. The van der Waals surface area contributed by atoms with Gasteiger partial charge in [-0.1, -0.05) is 17.7 Å². The Morgan fingerprint density at radius 1 is 1.20 bits per heavy atom. The Morgan fingerprint density at radius 3 is 2.80 bits per heavy atom. The summed E-state index contributed by atoms with van der Waals surface area (Å²) in [6, 6.07) is 7.27. The highest BCUT2D eigenvalue weighted by molar-refractivity contribution is 6.31. The number of hydrogen-bond acceptors (Lipinski definition) is 3. The largest absolute Gasteiger partial charge is 0.370 e. The van der Waals surface area contributed by atoms with Crippen LogP contribution in [-0.4, -0.2) is 44.2 Å². The molecule has 0 bridgehead atoms. The van der Waals surface area contributed by atoms with E-state index in [1.165, 1.54) is 37.1 Å². The average Bonchev–Trinajstić information content (AvgIpc) is 3.25. The van der Waals surface area contributed by atoms with E-state index in [9.17, 15) is 0 Å². The molecule has 1 aromatic carbocycles. The predicted molar refractivity (Wildman–Crippen MR) is 85.6 cm³/mol. The summed E-state index contributed by atoms with van der Waals surface area (Å²) in [6.45, 7) is 5.43. The van der Waals surface area contributed by atoms with Crippen molar-refractivity contribution >= 4 is 17.3 Å². The number of hydrogen-bond donors (Lipinski definition) is 1. The molecule has 1 aromatic rings. The van der Waals surface area contributed by atoms with Crippen molar-refractivity contribution in [3.05, 3.63) is 28.8 Å². The number of benzene rings is 1. The molecule has 0 unspecified atom stereocenters. The van der Waals surface area contributed by atoms with Gasteiger partial charge in [-0.15, -0.1) is 0 Å². The van der Waals surface area contributed by atoms with Gasteiger partial charge >= 0.3 is 0 Å². The van der Waals surface area contributed by atoms with E-state index >= 15 is 0 Å². The second-order valence-corrected chi connectivity index (χ2v) is 6.48. The van der Waals surface area contributed by atoms with Gasteiger partial charge in [0.15, 0.2) is 0 Å². The van der Waals surface area contributed by atoms with E-state index in [4.69, 9.17) is 11.6 Å². The predicted octanol–water partition coefficient (Wildman–Crippen LogP) is 2.73. The fraction of sp³-hybridized carbons (Fsp3) is 0.625. The van der Waals surface area contributed by atoms with Gasteiger partial charge < -0.3 is 15.1 Å². The van der Waals surface area contributed by atoms with Crippen LogP contribution in [0.25, 0.3) is 0 Å². The lowest BCUT2D eigenvalue weighted by molar-refractivity contribution is 0.360. The minimum Gasteiger partial charge on any atom is -0.370 e. The molecular formula is C16H24ClN3. The Hall–Kier alpha value is -0.770. The Bertz CT molecular complexity index is 459. The van der Waals surface area contributed by atoms with Crippen LogP contribution in [0.1, 0.15) is 24.8 Å². The Labute approximate surface area is 126 Å². The first-order chi connectivity index (χ1) is 9.72. The zero-order valence-corrected chi connectivity index (χ0v) is 13.0. The van der Waals surface area contributed by atoms with Crippen molar-refractivity contribution in [2.45, 2.75) is 31.8 Å². The van der Waals surface area contributed by atoms with E-state index < -0.39 is 0 Å². The van der Waals surface area contributed by atoms with Crippen LogP contribution in [0.5, 0.6) is 0 Å². The minimum atomic E-state index is 0.729. The maximum Gasteiger partial charge on any atom is 0.0471 e. The molecule has 3 rings (SSSR count). The van der Waals surface area contributed by atoms with Crippen molar-refractivity contribution in [2.75, 3.05) is 38.1 Å². The van der Waals surface area contributed by atoms with E-state index in [0.29, 0.717) is 0 Å². The van der Waals surface area contributed by atoms with E-state index in [-0.39, 0.29) is 0 Å². The summed E-state index contributed by atoms with van der Waals surface area (Å²) >= 11 is 6.44. The maximum absolute atomic E-state index is 6.44. The molecule has 1 N–H and O–H groups in total. The first kappa shape index (κ1) is 14.2. The highest BCUT2D eigenvalue weighted by Gasteiger charge is 2.20. The first-order valence-corrected chi connectivity index (χ1v) is 8.05. The molecular weight excluding hydrogens is 270 g/mol. The standard InChI is InChI=1S/C16H24ClN3/c1-19-7-2-8-20(10-9-19)15-6-3-13(16(17)11-15)12-18-14-4-5-14/h3,6,11,14,18H,2,4-5,7-10,12H2,1H3. The SMILES string of the molecule is CN1CCCN(c2ccc(CNC3CC3)c(Cl)c2)CC1. The van der Waals surface area contributed by atoms with Crippen LogP contribution in [0, 0.1) is 0 Å². The lowest BCUT2D eigenvalue weighted by Gasteiger charge is -2.23. The summed E-state index contributed by atoms with van der Waals surface area (Å²) in [5, 5.41) is 4.42. The molecule has 0 radical (unpaired) electrons. The molecule has 20 heavy (non-hydrogen) atoms. The molecule has 1 saturated carbocycles. The maximum atomic E-state index is 6.44. The Kier molecular flexibility index (Phi) is 4.49. The van der Waals surface area contributed by atoms with Gasteiger partial charge in [0.05, 0.1) is 0 Å². The topological polar surface area (TPSA) is 18.5 Å². The van der Waals surface area contributed by atoms with Gasteiger partial charge in [-0.3, -0.25) is 0 Å². The normalized spacial score (nSPS) is 21.0. The van der Waals surface area contributed by atoms with Crippen molar-refractivity contribution in [2.24, 2.45) is 0 Å². The van der Waals surface area contributed by atoms with Gasteiger partial charge in [0, 0.05) is 42.9 Å². The molecule has 0 spiro atoms. The first-order valence-electron chi connectivity index (χ1n) is 7.68. The van der Waals surface area contributed by atoms with Crippen LogP contribution < -0.4 is 10.2 Å². The van der Waals surface area contributed by atoms with Gasteiger partial charge in [0.2, 0.25) is 0 Å². The van der Waals surface area contributed by atoms with E-state index in [2.05, 4.69) is 40.4 Å². The molecule has 4 heteroatoms. The van der Waals surface area contributed by atoms with Crippen molar-refractivity contribution in [1.82, 2.24) is 10.2 Å². The summed E-state index contributed by atoms with van der Waals surface area (Å²) in [5.74, 6) is 0. The molecule has 1 aliphatic carbocycles.